The first-order valence-electron chi connectivity index (χ1n) is 12.2. The average molecular weight is 660 g/mol. The Hall–Kier alpha value is -3.14. The summed E-state index contributed by atoms with van der Waals surface area (Å²) in [6.45, 7) is 5.06. The summed E-state index contributed by atoms with van der Waals surface area (Å²) in [4.78, 5) is 29.2. The zero-order valence-corrected chi connectivity index (χ0v) is 24.3. The molecule has 2 aromatic rings. The molecule has 0 amide bonds. The Labute approximate surface area is 241 Å². The van der Waals surface area contributed by atoms with E-state index in [-0.39, 0.29) is 0 Å². The first-order valence-corrected chi connectivity index (χ1v) is 13.0. The SMILES string of the molecule is Cc1nc(N[C@H]2CC[C@@H](NCc3cccc(Br)c3)CC2)nc(N(C)C)c1C.O=C(O)C(F)(F)F.O=C(O)C(F)(F)F. The van der Waals surface area contributed by atoms with E-state index in [1.165, 1.54) is 18.4 Å². The third-order valence-corrected chi connectivity index (χ3v) is 6.31. The fourth-order valence-corrected chi connectivity index (χ4v) is 4.09. The molecule has 1 heterocycles. The van der Waals surface area contributed by atoms with Gasteiger partial charge in [-0.3, -0.25) is 0 Å². The Kier molecular flexibility index (Phi) is 13.8. The van der Waals surface area contributed by atoms with E-state index >= 15 is 0 Å². The highest BCUT2D eigenvalue weighted by Gasteiger charge is 2.38. The molecule has 1 fully saturated rings. The van der Waals surface area contributed by atoms with Gasteiger partial charge in [0, 0.05) is 48.5 Å². The van der Waals surface area contributed by atoms with E-state index in [0.29, 0.717) is 12.1 Å². The number of hydrogen-bond donors (Lipinski definition) is 4. The van der Waals surface area contributed by atoms with Crippen molar-refractivity contribution in [3.8, 4) is 0 Å². The number of aryl methyl sites for hydroxylation is 1. The number of nitrogens with one attached hydrogen (secondary N) is 2. The van der Waals surface area contributed by atoms with Crippen LogP contribution in [0.2, 0.25) is 0 Å². The van der Waals surface area contributed by atoms with Gasteiger partial charge in [0.15, 0.2) is 0 Å². The summed E-state index contributed by atoms with van der Waals surface area (Å²) in [6, 6.07) is 9.54. The number of carboxylic acid groups (broad SMARTS) is 2. The van der Waals surface area contributed by atoms with Crippen LogP contribution in [-0.2, 0) is 16.1 Å². The quantitative estimate of drug-likeness (QED) is 0.289. The van der Waals surface area contributed by atoms with Gasteiger partial charge in [-0.25, -0.2) is 14.6 Å². The predicted molar refractivity (Wildman–Crippen MR) is 144 cm³/mol. The second kappa shape index (κ2) is 15.7. The van der Waals surface area contributed by atoms with Gasteiger partial charge in [0.1, 0.15) is 5.82 Å². The van der Waals surface area contributed by atoms with Crippen molar-refractivity contribution in [1.82, 2.24) is 15.3 Å². The Morgan fingerprint density at radius 3 is 1.88 bits per heavy atom. The van der Waals surface area contributed by atoms with Gasteiger partial charge >= 0.3 is 24.3 Å². The lowest BCUT2D eigenvalue weighted by molar-refractivity contribution is -0.193. The van der Waals surface area contributed by atoms with Crippen LogP contribution in [-0.4, -0.2) is 70.7 Å². The molecule has 230 valence electrons. The summed E-state index contributed by atoms with van der Waals surface area (Å²) in [5.74, 6) is -3.76. The first-order chi connectivity index (χ1) is 18.8. The summed E-state index contributed by atoms with van der Waals surface area (Å²) in [5.41, 5.74) is 3.51. The van der Waals surface area contributed by atoms with Gasteiger partial charge < -0.3 is 25.7 Å². The zero-order valence-electron chi connectivity index (χ0n) is 22.7. The molecule has 16 heteroatoms. The van der Waals surface area contributed by atoms with Crippen LogP contribution in [0.5, 0.6) is 0 Å². The number of alkyl halides is 6. The van der Waals surface area contributed by atoms with Crippen molar-refractivity contribution in [2.45, 2.75) is 70.5 Å². The monoisotopic (exact) mass is 659 g/mol. The predicted octanol–water partition coefficient (Wildman–Crippen LogP) is 5.70. The summed E-state index contributed by atoms with van der Waals surface area (Å²) >= 11 is 3.54. The largest absolute Gasteiger partial charge is 0.490 e. The number of aromatic nitrogens is 2. The first kappa shape index (κ1) is 35.9. The molecular weight excluding hydrogens is 628 g/mol. The van der Waals surface area contributed by atoms with E-state index in [0.717, 1.165) is 46.9 Å². The van der Waals surface area contributed by atoms with Crippen molar-refractivity contribution in [3.63, 3.8) is 0 Å². The van der Waals surface area contributed by atoms with Crippen LogP contribution in [0.3, 0.4) is 0 Å². The average Bonchev–Trinajstić information content (AvgIpc) is 2.85. The van der Waals surface area contributed by atoms with Crippen LogP contribution in [0.25, 0.3) is 0 Å². The molecule has 9 nitrogen and oxygen atoms in total. The second-order valence-electron chi connectivity index (χ2n) is 9.29. The van der Waals surface area contributed by atoms with E-state index in [4.69, 9.17) is 24.8 Å². The lowest BCUT2D eigenvalue weighted by atomic mass is 9.91. The molecule has 1 aromatic carbocycles. The smallest absolute Gasteiger partial charge is 0.475 e. The number of carbonyl (C=O) groups is 2. The molecule has 0 bridgehead atoms. The molecule has 3 rings (SSSR count). The maximum absolute atomic E-state index is 10.6. The van der Waals surface area contributed by atoms with Crippen molar-refractivity contribution in [1.29, 1.82) is 0 Å². The Morgan fingerprint density at radius 1 is 0.951 bits per heavy atom. The highest BCUT2D eigenvalue weighted by molar-refractivity contribution is 9.10. The molecule has 41 heavy (non-hydrogen) atoms. The maximum Gasteiger partial charge on any atom is 0.490 e. The fraction of sp³-hybridized carbons (Fsp3) is 0.520. The molecule has 1 aliphatic carbocycles. The number of nitrogens with zero attached hydrogens (tertiary/aromatic N) is 3. The number of benzene rings is 1. The van der Waals surface area contributed by atoms with Crippen LogP contribution in [0.15, 0.2) is 28.7 Å². The molecule has 0 spiro atoms. The highest BCUT2D eigenvalue weighted by atomic mass is 79.9. The molecule has 0 saturated heterocycles. The zero-order chi connectivity index (χ0) is 31.5. The molecule has 1 aromatic heterocycles. The van der Waals surface area contributed by atoms with Crippen molar-refractivity contribution in [2.75, 3.05) is 24.3 Å². The van der Waals surface area contributed by atoms with Crippen molar-refractivity contribution in [2.24, 2.45) is 0 Å². The van der Waals surface area contributed by atoms with Crippen molar-refractivity contribution in [3.05, 3.63) is 45.6 Å². The highest BCUT2D eigenvalue weighted by Crippen LogP contribution is 2.24. The molecule has 0 atom stereocenters. The number of halogens is 7. The number of aliphatic carboxylic acids is 2. The van der Waals surface area contributed by atoms with Crippen molar-refractivity contribution < 1.29 is 46.1 Å². The normalized spacial score (nSPS) is 16.9. The molecule has 4 N–H and O–H groups in total. The number of anilines is 2. The maximum atomic E-state index is 10.6. The molecule has 0 aliphatic heterocycles. The van der Waals surface area contributed by atoms with Gasteiger partial charge in [-0.15, -0.1) is 0 Å². The summed E-state index contributed by atoms with van der Waals surface area (Å²) in [7, 11) is 4.06. The Bertz CT molecular complexity index is 1130. The topological polar surface area (TPSA) is 128 Å². The molecule has 0 radical (unpaired) electrons. The van der Waals surface area contributed by atoms with Gasteiger partial charge in [-0.05, 0) is 57.2 Å². The number of rotatable bonds is 6. The summed E-state index contributed by atoms with van der Waals surface area (Å²) in [6.07, 6.45) is -5.53. The standard InChI is InChI=1S/C21H30BrN5.2C2HF3O2/c1-14-15(2)24-21(26-20(14)27(3)4)25-19-10-8-18(9-11-19)23-13-16-6-5-7-17(22)12-16;2*3-2(4,5)1(6)7/h5-7,12,18-19,23H,8-11,13H2,1-4H3,(H,24,25,26);2*(H,6,7)/t18-,19+;;. The van der Waals surface area contributed by atoms with Crippen LogP contribution >= 0.6 is 15.9 Å². The number of hydrogen-bond acceptors (Lipinski definition) is 7. The van der Waals surface area contributed by atoms with Gasteiger partial charge in [0.25, 0.3) is 0 Å². The van der Waals surface area contributed by atoms with Gasteiger partial charge in [-0.1, -0.05) is 28.1 Å². The molecule has 0 unspecified atom stereocenters. The minimum absolute atomic E-state index is 0.450. The minimum atomic E-state index is -5.08. The van der Waals surface area contributed by atoms with E-state index < -0.39 is 24.3 Å². The van der Waals surface area contributed by atoms with Crippen LogP contribution in [0, 0.1) is 13.8 Å². The van der Waals surface area contributed by atoms with E-state index in [1.807, 2.05) is 14.1 Å². The van der Waals surface area contributed by atoms with Gasteiger partial charge in [0.05, 0.1) is 0 Å². The van der Waals surface area contributed by atoms with Crippen LogP contribution in [0.4, 0.5) is 38.1 Å². The third kappa shape index (κ3) is 13.4. The van der Waals surface area contributed by atoms with E-state index in [2.05, 4.69) is 74.6 Å². The Balaban J connectivity index is 0.000000497. The summed E-state index contributed by atoms with van der Waals surface area (Å²) in [5, 5.41) is 21.5. The fourth-order valence-electron chi connectivity index (χ4n) is 3.65. The molecule has 1 aliphatic rings. The van der Waals surface area contributed by atoms with E-state index in [1.54, 1.807) is 0 Å². The van der Waals surface area contributed by atoms with Crippen LogP contribution in [0.1, 0.15) is 42.5 Å². The lowest BCUT2D eigenvalue weighted by Crippen LogP contribution is -2.37. The van der Waals surface area contributed by atoms with Crippen LogP contribution < -0.4 is 15.5 Å². The molecular formula is C25H32BrF6N5O4. The van der Waals surface area contributed by atoms with Gasteiger partial charge in [-0.2, -0.15) is 31.3 Å². The van der Waals surface area contributed by atoms with Crippen molar-refractivity contribution >= 4 is 39.6 Å². The minimum Gasteiger partial charge on any atom is -0.475 e. The molecule has 1 saturated carbocycles. The van der Waals surface area contributed by atoms with Gasteiger partial charge in [0.2, 0.25) is 5.95 Å². The summed E-state index contributed by atoms with van der Waals surface area (Å²) < 4.78 is 64.6. The third-order valence-electron chi connectivity index (χ3n) is 5.82. The number of carboxylic acids is 2. The second-order valence-corrected chi connectivity index (χ2v) is 10.2. The lowest BCUT2D eigenvalue weighted by Gasteiger charge is -2.30. The van der Waals surface area contributed by atoms with E-state index in [9.17, 15) is 26.3 Å². The Morgan fingerprint density at radius 2 is 1.44 bits per heavy atom.